The molecule has 1 saturated heterocycles. The molecule has 10 heteroatoms. The van der Waals surface area contributed by atoms with Gasteiger partial charge in [-0.05, 0) is 73.4 Å². The van der Waals surface area contributed by atoms with E-state index in [-0.39, 0.29) is 22.7 Å². The van der Waals surface area contributed by atoms with E-state index in [2.05, 4.69) is 19.6 Å². The van der Waals surface area contributed by atoms with Crippen LogP contribution in [0, 0.1) is 0 Å². The minimum Gasteiger partial charge on any atom is -0.359 e. The normalized spacial score (nSPS) is 18.3. The van der Waals surface area contributed by atoms with E-state index in [0.29, 0.717) is 23.7 Å². The van der Waals surface area contributed by atoms with Crippen LogP contribution in [0.2, 0.25) is 5.02 Å². The molecular formula is C23H22ClN5O3S. The van der Waals surface area contributed by atoms with Crippen molar-refractivity contribution in [2.75, 3.05) is 27.6 Å². The molecule has 1 aromatic heterocycles. The molecule has 170 valence electrons. The van der Waals surface area contributed by atoms with Crippen LogP contribution in [0.15, 0.2) is 66.0 Å². The van der Waals surface area contributed by atoms with Gasteiger partial charge in [-0.3, -0.25) is 9.52 Å². The van der Waals surface area contributed by atoms with Gasteiger partial charge in [0, 0.05) is 35.7 Å². The van der Waals surface area contributed by atoms with Crippen LogP contribution in [-0.4, -0.2) is 43.4 Å². The van der Waals surface area contributed by atoms with Crippen molar-refractivity contribution in [2.24, 2.45) is 0 Å². The van der Waals surface area contributed by atoms with E-state index in [1.807, 2.05) is 18.2 Å². The quantitative estimate of drug-likeness (QED) is 0.596. The first-order valence-electron chi connectivity index (χ1n) is 10.7. The van der Waals surface area contributed by atoms with Gasteiger partial charge in [0.25, 0.3) is 10.0 Å². The summed E-state index contributed by atoms with van der Waals surface area (Å²) in [5, 5.41) is 0.708. The Hall–Kier alpha value is -3.17. The first kappa shape index (κ1) is 21.7. The van der Waals surface area contributed by atoms with Crippen molar-refractivity contribution in [1.29, 1.82) is 0 Å². The van der Waals surface area contributed by atoms with Gasteiger partial charge in [-0.2, -0.15) is 0 Å². The maximum absolute atomic E-state index is 13.3. The number of sulfonamides is 1. The Morgan fingerprint density at radius 1 is 1.06 bits per heavy atom. The summed E-state index contributed by atoms with van der Waals surface area (Å²) in [6, 6.07) is 13.4. The molecule has 0 spiro atoms. The molecule has 2 aliphatic heterocycles. The van der Waals surface area contributed by atoms with E-state index in [1.165, 1.54) is 36.3 Å². The lowest BCUT2D eigenvalue weighted by Crippen LogP contribution is -2.44. The first-order chi connectivity index (χ1) is 15.9. The summed E-state index contributed by atoms with van der Waals surface area (Å²) in [6.45, 7) is 1.40. The van der Waals surface area contributed by atoms with E-state index >= 15 is 0 Å². The fourth-order valence-electron chi connectivity index (χ4n) is 4.48. The van der Waals surface area contributed by atoms with Gasteiger partial charge in [-0.1, -0.05) is 11.6 Å². The predicted octanol–water partition coefficient (Wildman–Crippen LogP) is 3.49. The molecule has 0 radical (unpaired) electrons. The van der Waals surface area contributed by atoms with Crippen molar-refractivity contribution in [2.45, 2.75) is 30.2 Å². The standard InChI is InChI=1S/C23H22ClN5O3S/c24-17-3-8-20-16(14-17)2-1-12-29(20)21-10-13-28(23(21)30)18-4-6-19(7-5-18)33(31,32)27-22-9-11-25-15-26-22/h3-9,11,14-15,21H,1-2,10,12-13H2,(H,25,26,27)/t21-/m1/s1. The van der Waals surface area contributed by atoms with Crippen LogP contribution >= 0.6 is 11.6 Å². The fraction of sp³-hybridized carbons (Fsp3) is 0.261. The molecule has 0 aliphatic carbocycles. The number of hydrogen-bond donors (Lipinski definition) is 1. The molecule has 8 nitrogen and oxygen atoms in total. The third-order valence-corrected chi connectivity index (χ3v) is 7.63. The molecule has 0 saturated carbocycles. The molecule has 0 bridgehead atoms. The van der Waals surface area contributed by atoms with E-state index in [9.17, 15) is 13.2 Å². The number of carbonyl (C=O) groups excluding carboxylic acids is 1. The van der Waals surface area contributed by atoms with E-state index in [1.54, 1.807) is 17.0 Å². The summed E-state index contributed by atoms with van der Waals surface area (Å²) >= 11 is 6.16. The van der Waals surface area contributed by atoms with Crippen molar-refractivity contribution in [3.63, 3.8) is 0 Å². The van der Waals surface area contributed by atoms with Gasteiger partial charge in [-0.25, -0.2) is 18.4 Å². The number of rotatable bonds is 5. The van der Waals surface area contributed by atoms with Gasteiger partial charge in [0.1, 0.15) is 18.2 Å². The number of fused-ring (bicyclic) bond motifs is 1. The zero-order valence-corrected chi connectivity index (χ0v) is 19.3. The Bertz CT molecular complexity index is 1290. The van der Waals surface area contributed by atoms with E-state index in [4.69, 9.17) is 11.6 Å². The number of nitrogens with zero attached hydrogens (tertiary/aromatic N) is 4. The maximum Gasteiger partial charge on any atom is 0.263 e. The van der Waals surface area contributed by atoms with Gasteiger partial charge < -0.3 is 9.80 Å². The Balaban J connectivity index is 1.33. The van der Waals surface area contributed by atoms with Crippen molar-refractivity contribution in [1.82, 2.24) is 9.97 Å². The highest BCUT2D eigenvalue weighted by Gasteiger charge is 2.38. The van der Waals surface area contributed by atoms with Crippen molar-refractivity contribution in [3.8, 4) is 0 Å². The average molecular weight is 484 g/mol. The lowest BCUT2D eigenvalue weighted by molar-refractivity contribution is -0.118. The maximum atomic E-state index is 13.3. The summed E-state index contributed by atoms with van der Waals surface area (Å²) in [4.78, 5) is 25.0. The van der Waals surface area contributed by atoms with Crippen LogP contribution in [-0.2, 0) is 21.2 Å². The molecule has 0 unspecified atom stereocenters. The Morgan fingerprint density at radius 2 is 1.88 bits per heavy atom. The topological polar surface area (TPSA) is 95.5 Å². The molecule has 1 atom stereocenters. The van der Waals surface area contributed by atoms with Gasteiger partial charge in [0.2, 0.25) is 5.91 Å². The largest absolute Gasteiger partial charge is 0.359 e. The monoisotopic (exact) mass is 483 g/mol. The molecule has 3 aromatic rings. The Labute approximate surface area is 197 Å². The molecular weight excluding hydrogens is 462 g/mol. The zero-order valence-electron chi connectivity index (χ0n) is 17.7. The highest BCUT2D eigenvalue weighted by atomic mass is 35.5. The molecule has 3 heterocycles. The first-order valence-corrected chi connectivity index (χ1v) is 12.5. The summed E-state index contributed by atoms with van der Waals surface area (Å²) in [5.41, 5.74) is 2.92. The predicted molar refractivity (Wildman–Crippen MR) is 127 cm³/mol. The summed E-state index contributed by atoms with van der Waals surface area (Å²) in [6.07, 6.45) is 5.36. The molecule has 2 aromatic carbocycles. The summed E-state index contributed by atoms with van der Waals surface area (Å²) in [7, 11) is -3.79. The Kier molecular flexibility index (Phi) is 5.67. The molecule has 33 heavy (non-hydrogen) atoms. The number of aromatic nitrogens is 2. The second kappa shape index (κ2) is 8.64. The Morgan fingerprint density at radius 3 is 2.64 bits per heavy atom. The highest BCUT2D eigenvalue weighted by Crippen LogP contribution is 2.35. The molecule has 1 N–H and O–H groups in total. The molecule has 5 rings (SSSR count). The number of halogens is 1. The van der Waals surface area contributed by atoms with Crippen LogP contribution in [0.1, 0.15) is 18.4 Å². The summed E-state index contributed by atoms with van der Waals surface area (Å²) in [5.74, 6) is 0.210. The van der Waals surface area contributed by atoms with Gasteiger partial charge >= 0.3 is 0 Å². The minimum absolute atomic E-state index is 0.0208. The average Bonchev–Trinajstić information content (AvgIpc) is 3.20. The molecule has 1 fully saturated rings. The van der Waals surface area contributed by atoms with Gasteiger partial charge in [0.15, 0.2) is 0 Å². The minimum atomic E-state index is -3.79. The number of nitrogens with one attached hydrogen (secondary N) is 1. The molecule has 2 aliphatic rings. The number of anilines is 3. The number of aryl methyl sites for hydroxylation is 1. The third-order valence-electron chi connectivity index (χ3n) is 6.03. The highest BCUT2D eigenvalue weighted by molar-refractivity contribution is 7.92. The van der Waals surface area contributed by atoms with Crippen LogP contribution in [0.3, 0.4) is 0 Å². The number of carbonyl (C=O) groups is 1. The molecule has 1 amide bonds. The number of benzene rings is 2. The van der Waals surface area contributed by atoms with Crippen LogP contribution in [0.5, 0.6) is 0 Å². The van der Waals surface area contributed by atoms with Gasteiger partial charge in [0.05, 0.1) is 4.90 Å². The van der Waals surface area contributed by atoms with Crippen molar-refractivity contribution < 1.29 is 13.2 Å². The number of amides is 1. The SMILES string of the molecule is O=C1[C@H](N2CCCc3cc(Cl)ccc32)CCN1c1ccc(S(=O)(=O)Nc2ccncn2)cc1. The zero-order chi connectivity index (χ0) is 23.0. The van der Waals surface area contributed by atoms with Crippen LogP contribution in [0.4, 0.5) is 17.2 Å². The lowest BCUT2D eigenvalue weighted by atomic mass is 9.99. The lowest BCUT2D eigenvalue weighted by Gasteiger charge is -2.35. The second-order valence-corrected chi connectivity index (χ2v) is 10.2. The summed E-state index contributed by atoms with van der Waals surface area (Å²) < 4.78 is 27.7. The van der Waals surface area contributed by atoms with Crippen molar-refractivity contribution in [3.05, 3.63) is 71.6 Å². The van der Waals surface area contributed by atoms with Gasteiger partial charge in [-0.15, -0.1) is 0 Å². The van der Waals surface area contributed by atoms with Crippen molar-refractivity contribution >= 4 is 44.7 Å². The van der Waals surface area contributed by atoms with E-state index in [0.717, 1.165) is 25.1 Å². The smallest absolute Gasteiger partial charge is 0.263 e. The van der Waals surface area contributed by atoms with Crippen LogP contribution < -0.4 is 14.5 Å². The third kappa shape index (κ3) is 4.26. The fourth-order valence-corrected chi connectivity index (χ4v) is 5.68. The van der Waals surface area contributed by atoms with Crippen LogP contribution in [0.25, 0.3) is 0 Å². The second-order valence-electron chi connectivity index (χ2n) is 8.06. The number of hydrogen-bond acceptors (Lipinski definition) is 6. The van der Waals surface area contributed by atoms with E-state index < -0.39 is 10.0 Å².